The predicted octanol–water partition coefficient (Wildman–Crippen LogP) is 4.78. The molecule has 0 aliphatic carbocycles. The van der Waals surface area contributed by atoms with Gasteiger partial charge in [0.1, 0.15) is 12.7 Å². The molecular weight excluding hydrogens is 350 g/mol. The van der Waals surface area contributed by atoms with E-state index in [1.165, 1.54) is 64.5 Å². The maximum Gasteiger partial charge on any atom is 0.137 e. The van der Waals surface area contributed by atoms with Crippen LogP contribution in [0.2, 0.25) is 0 Å². The van der Waals surface area contributed by atoms with E-state index in [2.05, 4.69) is 58.1 Å². The zero-order valence-corrected chi connectivity index (χ0v) is 18.4. The Hall–Kier alpha value is -1.76. The van der Waals surface area contributed by atoms with Crippen LogP contribution in [-0.4, -0.2) is 48.2 Å². The summed E-state index contributed by atoms with van der Waals surface area (Å²) in [6.45, 7) is 12.5. The molecule has 2 unspecified atom stereocenters. The fraction of sp³-hybridized carbons (Fsp3) is 0.810. The standard InChI is InChI=1S/C19H38N4.C2H3N3/c1-5-9-11-18(7-3)13-22(17-23-16-20-15-21-23)14-19(8-4)12-10-6-2;1-2-4-5-3-1/h15-16,18-19H,5-14,17H2,1-4H3;1-2H,(H,3,4,5). The Kier molecular flexibility index (Phi) is 14.1. The van der Waals surface area contributed by atoms with Crippen LogP contribution >= 0.6 is 0 Å². The normalized spacial score (nSPS) is 13.2. The lowest BCUT2D eigenvalue weighted by Gasteiger charge is -2.30. The quantitative estimate of drug-likeness (QED) is 0.502. The molecule has 0 aliphatic heterocycles. The third-order valence-corrected chi connectivity index (χ3v) is 5.26. The molecule has 0 saturated carbocycles. The fourth-order valence-electron chi connectivity index (χ4n) is 3.43. The van der Waals surface area contributed by atoms with Crippen LogP contribution in [0.1, 0.15) is 79.1 Å². The largest absolute Gasteiger partial charge is 0.284 e. The lowest BCUT2D eigenvalue weighted by atomic mass is 9.96. The summed E-state index contributed by atoms with van der Waals surface area (Å²) in [6.07, 6.45) is 17.3. The monoisotopic (exact) mass is 391 g/mol. The molecule has 2 aromatic heterocycles. The summed E-state index contributed by atoms with van der Waals surface area (Å²) < 4.78 is 1.97. The van der Waals surface area contributed by atoms with Crippen LogP contribution in [0.3, 0.4) is 0 Å². The smallest absolute Gasteiger partial charge is 0.137 e. The van der Waals surface area contributed by atoms with Crippen molar-refractivity contribution >= 4 is 0 Å². The molecule has 0 radical (unpaired) electrons. The molecular formula is C21H41N7. The molecule has 0 saturated heterocycles. The third kappa shape index (κ3) is 11.2. The lowest BCUT2D eigenvalue weighted by Crippen LogP contribution is -2.35. The van der Waals surface area contributed by atoms with Crippen molar-refractivity contribution in [3.05, 3.63) is 25.0 Å². The first-order valence-corrected chi connectivity index (χ1v) is 11.1. The summed E-state index contributed by atoms with van der Waals surface area (Å²) in [5, 5.41) is 13.6. The van der Waals surface area contributed by atoms with Gasteiger partial charge < -0.3 is 0 Å². The van der Waals surface area contributed by atoms with Gasteiger partial charge in [-0.1, -0.05) is 71.4 Å². The molecule has 0 fully saturated rings. The molecule has 2 heterocycles. The highest BCUT2D eigenvalue weighted by atomic mass is 15.4. The van der Waals surface area contributed by atoms with Crippen molar-refractivity contribution in [3.8, 4) is 0 Å². The van der Waals surface area contributed by atoms with Gasteiger partial charge in [0.25, 0.3) is 0 Å². The predicted molar refractivity (Wildman–Crippen MR) is 115 cm³/mol. The van der Waals surface area contributed by atoms with Crippen molar-refractivity contribution in [1.29, 1.82) is 0 Å². The SMILES string of the molecule is CCCCC(CC)CN(CC(CC)CCCC)Cn1cncn1.c1c[nH]nn1. The summed E-state index contributed by atoms with van der Waals surface area (Å²) in [4.78, 5) is 6.71. The minimum absolute atomic E-state index is 0.808. The van der Waals surface area contributed by atoms with Gasteiger partial charge in [-0.2, -0.15) is 5.10 Å². The fourth-order valence-corrected chi connectivity index (χ4v) is 3.43. The molecule has 7 nitrogen and oxygen atoms in total. The first-order valence-electron chi connectivity index (χ1n) is 11.1. The number of aromatic nitrogens is 6. The van der Waals surface area contributed by atoms with Crippen LogP contribution in [0.15, 0.2) is 25.0 Å². The van der Waals surface area contributed by atoms with Gasteiger partial charge in [0.15, 0.2) is 0 Å². The number of unbranched alkanes of at least 4 members (excludes halogenated alkanes) is 2. The van der Waals surface area contributed by atoms with Gasteiger partial charge >= 0.3 is 0 Å². The molecule has 0 spiro atoms. The van der Waals surface area contributed by atoms with Crippen molar-refractivity contribution in [1.82, 2.24) is 35.1 Å². The number of hydrogen-bond donors (Lipinski definition) is 1. The Balaban J connectivity index is 0.000000674. The molecule has 28 heavy (non-hydrogen) atoms. The average molecular weight is 392 g/mol. The van der Waals surface area contributed by atoms with Crippen LogP contribution in [0.25, 0.3) is 0 Å². The number of hydrogen-bond acceptors (Lipinski definition) is 5. The van der Waals surface area contributed by atoms with E-state index < -0.39 is 0 Å². The van der Waals surface area contributed by atoms with Crippen LogP contribution < -0.4 is 0 Å². The van der Waals surface area contributed by atoms with E-state index in [1.807, 2.05) is 11.0 Å². The molecule has 2 rings (SSSR count). The number of nitrogens with zero attached hydrogens (tertiary/aromatic N) is 6. The van der Waals surface area contributed by atoms with E-state index in [0.29, 0.717) is 0 Å². The van der Waals surface area contributed by atoms with Crippen LogP contribution in [0.5, 0.6) is 0 Å². The minimum Gasteiger partial charge on any atom is -0.284 e. The van der Waals surface area contributed by atoms with E-state index in [9.17, 15) is 0 Å². The summed E-state index contributed by atoms with van der Waals surface area (Å²) in [5.74, 6) is 1.62. The zero-order chi connectivity index (χ0) is 20.5. The summed E-state index contributed by atoms with van der Waals surface area (Å²) in [6, 6.07) is 0. The van der Waals surface area contributed by atoms with Crippen LogP contribution in [0.4, 0.5) is 0 Å². The van der Waals surface area contributed by atoms with E-state index in [4.69, 9.17) is 0 Å². The number of aromatic amines is 1. The van der Waals surface area contributed by atoms with Gasteiger partial charge in [-0.05, 0) is 24.7 Å². The van der Waals surface area contributed by atoms with Crippen molar-refractivity contribution in [2.75, 3.05) is 13.1 Å². The van der Waals surface area contributed by atoms with Gasteiger partial charge in [0, 0.05) is 19.3 Å². The number of rotatable bonds is 14. The Morgan fingerprint density at radius 2 is 1.61 bits per heavy atom. The van der Waals surface area contributed by atoms with E-state index in [0.717, 1.165) is 18.5 Å². The molecule has 7 heteroatoms. The highest BCUT2D eigenvalue weighted by molar-refractivity contribution is 4.69. The highest BCUT2D eigenvalue weighted by Crippen LogP contribution is 2.19. The van der Waals surface area contributed by atoms with Crippen molar-refractivity contribution in [2.24, 2.45) is 11.8 Å². The van der Waals surface area contributed by atoms with Gasteiger partial charge in [-0.15, -0.1) is 5.10 Å². The van der Waals surface area contributed by atoms with Gasteiger partial charge in [0.05, 0.1) is 12.9 Å². The van der Waals surface area contributed by atoms with Gasteiger partial charge in [0.2, 0.25) is 0 Å². The first kappa shape index (κ1) is 24.3. The molecule has 160 valence electrons. The molecule has 2 aromatic rings. The second-order valence-electron chi connectivity index (χ2n) is 7.61. The van der Waals surface area contributed by atoms with Crippen molar-refractivity contribution in [3.63, 3.8) is 0 Å². The van der Waals surface area contributed by atoms with E-state index >= 15 is 0 Å². The van der Waals surface area contributed by atoms with Gasteiger partial charge in [-0.25, -0.2) is 9.67 Å². The summed E-state index contributed by atoms with van der Waals surface area (Å²) >= 11 is 0. The van der Waals surface area contributed by atoms with E-state index in [1.54, 1.807) is 18.7 Å². The summed E-state index contributed by atoms with van der Waals surface area (Å²) in [7, 11) is 0. The number of nitrogens with one attached hydrogen (secondary N) is 1. The number of H-pyrrole nitrogens is 1. The maximum atomic E-state index is 4.31. The lowest BCUT2D eigenvalue weighted by molar-refractivity contribution is 0.138. The topological polar surface area (TPSA) is 75.5 Å². The Bertz CT molecular complexity index is 492. The van der Waals surface area contributed by atoms with E-state index in [-0.39, 0.29) is 0 Å². The van der Waals surface area contributed by atoms with Crippen molar-refractivity contribution < 1.29 is 0 Å². The van der Waals surface area contributed by atoms with Crippen LogP contribution in [-0.2, 0) is 6.67 Å². The minimum atomic E-state index is 0.808. The molecule has 2 atom stereocenters. The Labute approximate surface area is 171 Å². The Morgan fingerprint density at radius 3 is 1.96 bits per heavy atom. The molecule has 0 amide bonds. The molecule has 0 aromatic carbocycles. The Morgan fingerprint density at radius 1 is 0.964 bits per heavy atom. The molecule has 1 N–H and O–H groups in total. The molecule has 0 bridgehead atoms. The highest BCUT2D eigenvalue weighted by Gasteiger charge is 2.17. The van der Waals surface area contributed by atoms with Crippen LogP contribution in [0, 0.1) is 11.8 Å². The van der Waals surface area contributed by atoms with Crippen molar-refractivity contribution in [2.45, 2.75) is 85.7 Å². The molecule has 0 aliphatic rings. The average Bonchev–Trinajstić information content (AvgIpc) is 3.44. The second-order valence-corrected chi connectivity index (χ2v) is 7.61. The zero-order valence-electron chi connectivity index (χ0n) is 18.4. The third-order valence-electron chi connectivity index (χ3n) is 5.26. The maximum absolute atomic E-state index is 4.31. The first-order chi connectivity index (χ1) is 13.7. The van der Waals surface area contributed by atoms with Gasteiger partial charge in [-0.3, -0.25) is 10.00 Å². The summed E-state index contributed by atoms with van der Waals surface area (Å²) in [5.41, 5.74) is 0. The second kappa shape index (κ2) is 16.2.